The van der Waals surface area contributed by atoms with Gasteiger partial charge in [-0.3, -0.25) is 4.79 Å². The molecule has 4 rings (SSSR count). The van der Waals surface area contributed by atoms with Gasteiger partial charge < -0.3 is 9.64 Å². The lowest BCUT2D eigenvalue weighted by atomic mass is 9.91. The van der Waals surface area contributed by atoms with Gasteiger partial charge in [0.2, 0.25) is 0 Å². The first kappa shape index (κ1) is 12.8. The number of hydrogen-bond acceptors (Lipinski definition) is 3. The largest absolute Gasteiger partial charge is 0.496 e. The highest BCUT2D eigenvalue weighted by Crippen LogP contribution is 2.58. The summed E-state index contributed by atoms with van der Waals surface area (Å²) < 4.78 is 5.28. The van der Waals surface area contributed by atoms with E-state index in [1.807, 2.05) is 6.07 Å². The Morgan fingerprint density at radius 2 is 2.19 bits per heavy atom. The standard InChI is InChI=1S/C18H19NO2/c1-19-9-14-8-18(14,11-19)13-4-5-15-12(7-13)3-6-17(21-2)16(15)10-20/h3-7,10,14H,8-9,11H2,1-2H3. The first-order chi connectivity index (χ1) is 10.2. The molecule has 1 aliphatic carbocycles. The molecule has 2 aromatic rings. The summed E-state index contributed by atoms with van der Waals surface area (Å²) in [5.41, 5.74) is 2.44. The Hall–Kier alpha value is -1.87. The van der Waals surface area contributed by atoms with Crippen molar-refractivity contribution in [3.8, 4) is 5.75 Å². The molecule has 2 unspecified atom stereocenters. The van der Waals surface area contributed by atoms with Crippen LogP contribution < -0.4 is 4.74 Å². The number of aldehydes is 1. The molecule has 108 valence electrons. The third-order valence-electron chi connectivity index (χ3n) is 5.25. The Balaban J connectivity index is 1.83. The summed E-state index contributed by atoms with van der Waals surface area (Å²) in [7, 11) is 3.80. The number of fused-ring (bicyclic) bond motifs is 2. The summed E-state index contributed by atoms with van der Waals surface area (Å²) in [6.45, 7) is 2.36. The van der Waals surface area contributed by atoms with Crippen molar-refractivity contribution in [3.05, 3.63) is 41.5 Å². The lowest BCUT2D eigenvalue weighted by Crippen LogP contribution is -2.22. The van der Waals surface area contributed by atoms with Gasteiger partial charge in [0.25, 0.3) is 0 Å². The maximum absolute atomic E-state index is 11.4. The molecular weight excluding hydrogens is 262 g/mol. The summed E-state index contributed by atoms with van der Waals surface area (Å²) in [5.74, 6) is 1.46. The molecule has 1 saturated heterocycles. The highest BCUT2D eigenvalue weighted by Gasteiger charge is 2.59. The predicted molar refractivity (Wildman–Crippen MR) is 83.2 cm³/mol. The third kappa shape index (κ3) is 1.74. The number of likely N-dealkylation sites (tertiary alicyclic amines) is 1. The van der Waals surface area contributed by atoms with Crippen LogP contribution in [0.2, 0.25) is 0 Å². The normalized spacial score (nSPS) is 27.6. The molecule has 0 radical (unpaired) electrons. The zero-order chi connectivity index (χ0) is 14.6. The van der Waals surface area contributed by atoms with Gasteiger partial charge in [-0.05, 0) is 41.8 Å². The van der Waals surface area contributed by atoms with E-state index in [1.54, 1.807) is 7.11 Å². The molecular formula is C18H19NO2. The van der Waals surface area contributed by atoms with Crippen LogP contribution >= 0.6 is 0 Å². The lowest BCUT2D eigenvalue weighted by Gasteiger charge is -2.17. The maximum Gasteiger partial charge on any atom is 0.154 e. The number of nitrogens with zero attached hydrogens (tertiary/aromatic N) is 1. The molecule has 2 fully saturated rings. The van der Waals surface area contributed by atoms with Crippen molar-refractivity contribution in [1.82, 2.24) is 4.90 Å². The molecule has 3 heteroatoms. The van der Waals surface area contributed by atoms with Gasteiger partial charge in [0.05, 0.1) is 12.7 Å². The van der Waals surface area contributed by atoms with E-state index in [0.29, 0.717) is 16.7 Å². The number of hydrogen-bond donors (Lipinski definition) is 0. The second-order valence-electron chi connectivity index (χ2n) is 6.49. The van der Waals surface area contributed by atoms with Crippen LogP contribution in [0, 0.1) is 5.92 Å². The number of carbonyl (C=O) groups excluding carboxylic acids is 1. The Bertz CT molecular complexity index is 739. The molecule has 0 spiro atoms. The van der Waals surface area contributed by atoms with Crippen LogP contribution in [0.25, 0.3) is 10.8 Å². The number of benzene rings is 2. The van der Waals surface area contributed by atoms with Crippen LogP contribution in [0.4, 0.5) is 0 Å². The Morgan fingerprint density at radius 3 is 2.86 bits per heavy atom. The van der Waals surface area contributed by atoms with Crippen LogP contribution in [0.3, 0.4) is 0 Å². The van der Waals surface area contributed by atoms with Crippen LogP contribution in [0.15, 0.2) is 30.3 Å². The second-order valence-corrected chi connectivity index (χ2v) is 6.49. The molecule has 21 heavy (non-hydrogen) atoms. The van der Waals surface area contributed by atoms with E-state index in [4.69, 9.17) is 4.74 Å². The van der Waals surface area contributed by atoms with Crippen molar-refractivity contribution in [2.45, 2.75) is 11.8 Å². The van der Waals surface area contributed by atoms with Crippen LogP contribution in [0.1, 0.15) is 22.3 Å². The molecule has 2 aliphatic rings. The smallest absolute Gasteiger partial charge is 0.154 e. The Kier molecular flexibility index (Phi) is 2.64. The summed E-state index contributed by atoms with van der Waals surface area (Å²) >= 11 is 0. The van der Waals surface area contributed by atoms with E-state index in [0.717, 1.165) is 29.5 Å². The molecule has 2 atom stereocenters. The molecule has 1 heterocycles. The number of piperidine rings is 1. The number of rotatable bonds is 3. The van der Waals surface area contributed by atoms with E-state index >= 15 is 0 Å². The van der Waals surface area contributed by atoms with E-state index < -0.39 is 0 Å². The van der Waals surface area contributed by atoms with E-state index in [2.05, 4.69) is 36.2 Å². The van der Waals surface area contributed by atoms with Crippen molar-refractivity contribution < 1.29 is 9.53 Å². The van der Waals surface area contributed by atoms with Gasteiger partial charge in [-0.25, -0.2) is 0 Å². The van der Waals surface area contributed by atoms with E-state index in [1.165, 1.54) is 18.5 Å². The zero-order valence-electron chi connectivity index (χ0n) is 12.4. The molecule has 3 nitrogen and oxygen atoms in total. The Labute approximate surface area is 124 Å². The van der Waals surface area contributed by atoms with Crippen LogP contribution in [0.5, 0.6) is 5.75 Å². The predicted octanol–water partition coefficient (Wildman–Crippen LogP) is 2.86. The molecule has 1 saturated carbocycles. The third-order valence-corrected chi connectivity index (χ3v) is 5.25. The first-order valence-corrected chi connectivity index (χ1v) is 7.43. The van der Waals surface area contributed by atoms with E-state index in [9.17, 15) is 4.79 Å². The number of methoxy groups -OCH3 is 1. The highest BCUT2D eigenvalue weighted by atomic mass is 16.5. The monoisotopic (exact) mass is 281 g/mol. The molecule has 0 bridgehead atoms. The first-order valence-electron chi connectivity index (χ1n) is 7.43. The van der Waals surface area contributed by atoms with Gasteiger partial charge in [0.1, 0.15) is 5.75 Å². The minimum Gasteiger partial charge on any atom is -0.496 e. The number of carbonyl (C=O) groups is 1. The van der Waals surface area contributed by atoms with Gasteiger partial charge in [-0.1, -0.05) is 24.3 Å². The summed E-state index contributed by atoms with van der Waals surface area (Å²) in [5, 5.41) is 2.11. The van der Waals surface area contributed by atoms with Crippen LogP contribution in [-0.2, 0) is 5.41 Å². The van der Waals surface area contributed by atoms with Gasteiger partial charge in [0, 0.05) is 18.5 Å². The second kappa shape index (κ2) is 4.31. The topological polar surface area (TPSA) is 29.5 Å². The van der Waals surface area contributed by atoms with E-state index in [-0.39, 0.29) is 0 Å². The molecule has 0 amide bonds. The van der Waals surface area contributed by atoms with Crippen molar-refractivity contribution in [1.29, 1.82) is 0 Å². The average molecular weight is 281 g/mol. The van der Waals surface area contributed by atoms with Gasteiger partial charge in [-0.2, -0.15) is 0 Å². The quantitative estimate of drug-likeness (QED) is 0.810. The number of ether oxygens (including phenoxy) is 1. The SMILES string of the molecule is COc1ccc2cc(C34CC3CN(C)C4)ccc2c1C=O. The minimum atomic E-state index is 0.365. The molecule has 1 aliphatic heterocycles. The van der Waals surface area contributed by atoms with Crippen molar-refractivity contribution in [3.63, 3.8) is 0 Å². The maximum atomic E-state index is 11.4. The summed E-state index contributed by atoms with van der Waals surface area (Å²) in [4.78, 5) is 13.8. The van der Waals surface area contributed by atoms with Gasteiger partial charge in [-0.15, -0.1) is 0 Å². The average Bonchev–Trinajstić information content (AvgIpc) is 3.08. The zero-order valence-corrected chi connectivity index (χ0v) is 12.4. The molecule has 2 aromatic carbocycles. The fraction of sp³-hybridized carbons (Fsp3) is 0.389. The summed E-state index contributed by atoms with van der Waals surface area (Å²) in [6, 6.07) is 10.5. The van der Waals surface area contributed by atoms with Crippen molar-refractivity contribution >= 4 is 17.1 Å². The van der Waals surface area contributed by atoms with Gasteiger partial charge in [0.15, 0.2) is 6.29 Å². The van der Waals surface area contributed by atoms with Crippen LogP contribution in [-0.4, -0.2) is 38.4 Å². The molecule has 0 N–H and O–H groups in total. The van der Waals surface area contributed by atoms with Crippen molar-refractivity contribution in [2.75, 3.05) is 27.2 Å². The Morgan fingerprint density at radius 1 is 1.33 bits per heavy atom. The fourth-order valence-corrected chi connectivity index (χ4v) is 4.12. The van der Waals surface area contributed by atoms with Crippen molar-refractivity contribution in [2.24, 2.45) is 5.92 Å². The molecule has 0 aromatic heterocycles. The summed E-state index contributed by atoms with van der Waals surface area (Å²) in [6.07, 6.45) is 2.20. The fourth-order valence-electron chi connectivity index (χ4n) is 4.12. The minimum absolute atomic E-state index is 0.365. The lowest BCUT2D eigenvalue weighted by molar-refractivity contribution is 0.112. The van der Waals surface area contributed by atoms with Gasteiger partial charge >= 0.3 is 0 Å². The number of likely N-dealkylation sites (N-methyl/N-ethyl adjacent to an activating group) is 1. The highest BCUT2D eigenvalue weighted by molar-refractivity contribution is 6.01.